The van der Waals surface area contributed by atoms with Gasteiger partial charge in [-0.3, -0.25) is 14.0 Å². The van der Waals surface area contributed by atoms with Gasteiger partial charge in [0.15, 0.2) is 5.82 Å². The molecule has 0 bridgehead atoms. The van der Waals surface area contributed by atoms with Crippen LogP contribution in [0.3, 0.4) is 0 Å². The summed E-state index contributed by atoms with van der Waals surface area (Å²) in [5.74, 6) is 1.20. The molecule has 10 heteroatoms. The van der Waals surface area contributed by atoms with Gasteiger partial charge >= 0.3 is 0 Å². The molecule has 0 saturated heterocycles. The third-order valence-corrected chi connectivity index (χ3v) is 7.88. The zero-order chi connectivity index (χ0) is 27.1. The fraction of sp³-hybridized carbons (Fsp3) is 0.464. The van der Waals surface area contributed by atoms with Crippen molar-refractivity contribution in [2.75, 3.05) is 36.7 Å². The molecule has 0 spiro atoms. The van der Waals surface area contributed by atoms with E-state index < -0.39 is 10.0 Å². The molecule has 1 aromatic heterocycles. The molecule has 0 fully saturated rings. The van der Waals surface area contributed by atoms with Crippen LogP contribution < -0.4 is 4.31 Å². The number of sulfonamides is 1. The van der Waals surface area contributed by atoms with Crippen LogP contribution in [0.25, 0.3) is 0 Å². The van der Waals surface area contributed by atoms with Gasteiger partial charge in [0.05, 0.1) is 11.9 Å². The van der Waals surface area contributed by atoms with Crippen molar-refractivity contribution in [2.45, 2.75) is 52.1 Å². The van der Waals surface area contributed by atoms with Gasteiger partial charge in [-0.15, -0.1) is 0 Å². The number of rotatable bonds is 7. The summed E-state index contributed by atoms with van der Waals surface area (Å²) < 4.78 is 32.4. The Morgan fingerprint density at radius 2 is 1.74 bits per heavy atom. The summed E-state index contributed by atoms with van der Waals surface area (Å²) in [4.78, 5) is 22.0. The van der Waals surface area contributed by atoms with Gasteiger partial charge in [-0.05, 0) is 23.6 Å². The number of benzene rings is 2. The predicted octanol–water partition coefficient (Wildman–Crippen LogP) is 3.83. The van der Waals surface area contributed by atoms with Gasteiger partial charge in [-0.2, -0.15) is 4.98 Å². The second-order valence-electron chi connectivity index (χ2n) is 10.1. The van der Waals surface area contributed by atoms with Crippen molar-refractivity contribution in [3.05, 3.63) is 77.4 Å². The van der Waals surface area contributed by atoms with Crippen LogP contribution in [-0.4, -0.2) is 66.7 Å². The van der Waals surface area contributed by atoms with Crippen molar-refractivity contribution >= 4 is 21.6 Å². The van der Waals surface area contributed by atoms with E-state index >= 15 is 0 Å². The van der Waals surface area contributed by atoms with Crippen LogP contribution in [-0.2, 0) is 34.3 Å². The lowest BCUT2D eigenvalue weighted by Crippen LogP contribution is -2.38. The molecule has 0 aliphatic carbocycles. The minimum atomic E-state index is -3.50. The van der Waals surface area contributed by atoms with Crippen molar-refractivity contribution in [3.8, 4) is 0 Å². The number of aryl methyl sites for hydroxylation is 1. The lowest BCUT2D eigenvalue weighted by molar-refractivity contribution is -0.132. The number of carbonyl (C=O) groups is 1. The predicted molar refractivity (Wildman–Crippen MR) is 147 cm³/mol. The van der Waals surface area contributed by atoms with Crippen LogP contribution in [0, 0.1) is 0 Å². The summed E-state index contributed by atoms with van der Waals surface area (Å²) in [7, 11) is -3.50. The molecular formula is C28H37N5O4S. The minimum absolute atomic E-state index is 0.0334. The number of amides is 1. The van der Waals surface area contributed by atoms with Gasteiger partial charge in [0.1, 0.15) is 0 Å². The highest BCUT2D eigenvalue weighted by Crippen LogP contribution is 2.26. The highest BCUT2D eigenvalue weighted by Gasteiger charge is 2.25. The topological polar surface area (TPSA) is 99.9 Å². The van der Waals surface area contributed by atoms with Crippen LogP contribution in [0.5, 0.6) is 0 Å². The van der Waals surface area contributed by atoms with Crippen LogP contribution in [0.2, 0.25) is 0 Å². The van der Waals surface area contributed by atoms with Gasteiger partial charge in [0, 0.05) is 58.0 Å². The summed E-state index contributed by atoms with van der Waals surface area (Å²) >= 11 is 0. The number of fused-ring (bicyclic) bond motifs is 1. The summed E-state index contributed by atoms with van der Waals surface area (Å²) in [5, 5.41) is 4.00. The minimum Gasteiger partial charge on any atom is -0.339 e. The van der Waals surface area contributed by atoms with Crippen LogP contribution in [0.15, 0.2) is 59.1 Å². The second-order valence-corrected chi connectivity index (χ2v) is 12.0. The van der Waals surface area contributed by atoms with Crippen LogP contribution in [0.1, 0.15) is 55.4 Å². The maximum Gasteiger partial charge on any atom is 0.232 e. The molecule has 1 aliphatic heterocycles. The monoisotopic (exact) mass is 539 g/mol. The van der Waals surface area contributed by atoms with Crippen molar-refractivity contribution in [1.82, 2.24) is 19.9 Å². The number of carbonyl (C=O) groups excluding carboxylic acids is 1. The molecule has 2 aromatic carbocycles. The number of aromatic nitrogens is 2. The van der Waals surface area contributed by atoms with Crippen molar-refractivity contribution in [1.29, 1.82) is 0 Å². The Hall–Kier alpha value is -3.24. The first kappa shape index (κ1) is 27.8. The highest BCUT2D eigenvalue weighted by atomic mass is 32.2. The number of hydrogen-bond acceptors (Lipinski definition) is 7. The molecule has 1 amide bonds. The molecule has 0 radical (unpaired) electrons. The number of anilines is 1. The van der Waals surface area contributed by atoms with Crippen molar-refractivity contribution in [2.24, 2.45) is 0 Å². The van der Waals surface area contributed by atoms with E-state index in [1.165, 1.54) is 16.1 Å². The molecule has 204 valence electrons. The molecule has 38 heavy (non-hydrogen) atoms. The standard InChI is InChI=1S/C28H37N5O4S/c1-22(2)28-29-26(37-30-28)14-15-27(34)32-19-18-31(20-23-10-5-4-6-11-23)16-9-17-33(38(3,35)36)25-13-8-7-12-24(25)21-32/h4-8,10-13,22H,9,14-21H2,1-3H3. The largest absolute Gasteiger partial charge is 0.339 e. The Labute approximate surface area is 225 Å². The Balaban J connectivity index is 1.58. The molecule has 1 aliphatic rings. The maximum absolute atomic E-state index is 13.5. The molecule has 0 unspecified atom stereocenters. The Kier molecular flexibility index (Phi) is 9.17. The fourth-order valence-electron chi connectivity index (χ4n) is 4.64. The summed E-state index contributed by atoms with van der Waals surface area (Å²) in [5.41, 5.74) is 2.62. The Morgan fingerprint density at radius 1 is 1.00 bits per heavy atom. The quantitative estimate of drug-likeness (QED) is 0.450. The van der Waals surface area contributed by atoms with Crippen molar-refractivity contribution < 1.29 is 17.7 Å². The van der Waals surface area contributed by atoms with E-state index in [2.05, 4.69) is 27.2 Å². The molecule has 0 atom stereocenters. The van der Waals surface area contributed by atoms with Crippen LogP contribution >= 0.6 is 0 Å². The van der Waals surface area contributed by atoms with E-state index in [1.807, 2.05) is 61.2 Å². The van der Waals surface area contributed by atoms with E-state index in [0.29, 0.717) is 63.0 Å². The lowest BCUT2D eigenvalue weighted by atomic mass is 10.1. The van der Waals surface area contributed by atoms with E-state index in [9.17, 15) is 13.2 Å². The average Bonchev–Trinajstić information content (AvgIpc) is 3.36. The highest BCUT2D eigenvalue weighted by molar-refractivity contribution is 7.92. The average molecular weight is 540 g/mol. The molecule has 9 nitrogen and oxygen atoms in total. The zero-order valence-electron chi connectivity index (χ0n) is 22.4. The van der Waals surface area contributed by atoms with Gasteiger partial charge in [-0.1, -0.05) is 67.5 Å². The summed E-state index contributed by atoms with van der Waals surface area (Å²) in [6, 6.07) is 17.6. The van der Waals surface area contributed by atoms with E-state index in [0.717, 1.165) is 12.1 Å². The Bertz CT molecular complexity index is 1310. The third-order valence-electron chi connectivity index (χ3n) is 6.70. The summed E-state index contributed by atoms with van der Waals surface area (Å²) in [6.07, 6.45) is 2.51. The van der Waals surface area contributed by atoms with Gasteiger partial charge in [0.25, 0.3) is 0 Å². The number of nitrogens with zero attached hydrogens (tertiary/aromatic N) is 5. The molecule has 0 N–H and O–H groups in total. The van der Waals surface area contributed by atoms with E-state index in [-0.39, 0.29) is 18.2 Å². The zero-order valence-corrected chi connectivity index (χ0v) is 23.2. The Morgan fingerprint density at radius 3 is 2.45 bits per heavy atom. The second kappa shape index (κ2) is 12.5. The molecule has 4 rings (SSSR count). The fourth-order valence-corrected chi connectivity index (χ4v) is 5.63. The molecular weight excluding hydrogens is 502 g/mol. The summed E-state index contributed by atoms with van der Waals surface area (Å²) in [6.45, 7) is 7.34. The maximum atomic E-state index is 13.5. The smallest absolute Gasteiger partial charge is 0.232 e. The van der Waals surface area contributed by atoms with Crippen molar-refractivity contribution in [3.63, 3.8) is 0 Å². The van der Waals surface area contributed by atoms with Gasteiger partial charge in [0.2, 0.25) is 21.8 Å². The van der Waals surface area contributed by atoms with E-state index in [4.69, 9.17) is 4.52 Å². The lowest BCUT2D eigenvalue weighted by Gasteiger charge is -2.28. The first-order valence-corrected chi connectivity index (χ1v) is 15.0. The first-order chi connectivity index (χ1) is 18.2. The van der Waals surface area contributed by atoms with Crippen LogP contribution in [0.4, 0.5) is 5.69 Å². The van der Waals surface area contributed by atoms with Gasteiger partial charge in [-0.25, -0.2) is 8.42 Å². The molecule has 3 aromatic rings. The number of hydrogen-bond donors (Lipinski definition) is 0. The SMILES string of the molecule is CC(C)c1noc(CCC(=O)N2CCN(Cc3ccccc3)CCCN(S(C)(=O)=O)c3ccccc3C2)n1. The van der Waals surface area contributed by atoms with Gasteiger partial charge < -0.3 is 9.42 Å². The van der Waals surface area contributed by atoms with E-state index in [1.54, 1.807) is 0 Å². The third kappa shape index (κ3) is 7.41. The normalized spacial score (nSPS) is 15.8. The molecule has 2 heterocycles. The number of para-hydroxylation sites is 1. The first-order valence-electron chi connectivity index (χ1n) is 13.1. The molecule has 0 saturated carbocycles.